The van der Waals surface area contributed by atoms with Gasteiger partial charge in [0.2, 0.25) is 4.47 Å². The summed E-state index contributed by atoms with van der Waals surface area (Å²) < 4.78 is 13.1. The van der Waals surface area contributed by atoms with E-state index < -0.39 is 0 Å². The maximum atomic E-state index is 12.8. The van der Waals surface area contributed by atoms with Gasteiger partial charge in [0.1, 0.15) is 10.8 Å². The van der Waals surface area contributed by atoms with Crippen molar-refractivity contribution in [3.63, 3.8) is 0 Å². The first kappa shape index (κ1) is 8.59. The van der Waals surface area contributed by atoms with Crippen LogP contribution in [-0.4, -0.2) is 10.2 Å². The molecule has 2 aromatic rings. The summed E-state index contributed by atoms with van der Waals surface area (Å²) in [6.45, 7) is 0. The number of aromatic nitrogens is 2. The number of rotatable bonds is 1. The number of hydrogen-bond donors (Lipinski definition) is 0. The molecule has 0 spiro atoms. The molecule has 0 atom stereocenters. The second-order valence-electron chi connectivity index (χ2n) is 2.37. The Morgan fingerprint density at radius 2 is 2.15 bits per heavy atom. The van der Waals surface area contributed by atoms with Crippen LogP contribution < -0.4 is 0 Å². The largest absolute Gasteiger partial charge is 0.207 e. The molecular weight excluding hydrogens is 211 g/mol. The molecule has 0 aliphatic rings. The average molecular weight is 215 g/mol. The van der Waals surface area contributed by atoms with Crippen LogP contribution in [0.3, 0.4) is 0 Å². The molecule has 0 amide bonds. The molecule has 1 heterocycles. The predicted octanol–water partition coefficient (Wildman–Crippen LogP) is 3.00. The Bertz CT molecular complexity index is 430. The molecule has 0 radical (unpaired) electrons. The Labute approximate surface area is 83.0 Å². The second-order valence-corrected chi connectivity index (χ2v) is 3.93. The summed E-state index contributed by atoms with van der Waals surface area (Å²) >= 11 is 6.83. The first-order valence-corrected chi connectivity index (χ1v) is 4.70. The van der Waals surface area contributed by atoms with Crippen LogP contribution in [0.2, 0.25) is 4.47 Å². The summed E-state index contributed by atoms with van der Waals surface area (Å²) in [6, 6.07) is 6.17. The van der Waals surface area contributed by atoms with E-state index in [0.29, 0.717) is 15.0 Å². The van der Waals surface area contributed by atoms with Crippen molar-refractivity contribution >= 4 is 22.9 Å². The molecule has 66 valence electrons. The smallest absolute Gasteiger partial charge is 0.207 e. The summed E-state index contributed by atoms with van der Waals surface area (Å²) in [5.74, 6) is -0.288. The first-order valence-electron chi connectivity index (χ1n) is 3.50. The fraction of sp³-hybridized carbons (Fsp3) is 0. The third-order valence-corrected chi connectivity index (χ3v) is 2.54. The van der Waals surface area contributed by atoms with Crippen molar-refractivity contribution < 1.29 is 4.39 Å². The quantitative estimate of drug-likeness (QED) is 0.729. The lowest BCUT2D eigenvalue weighted by molar-refractivity contribution is 0.628. The minimum absolute atomic E-state index is 0.288. The molecule has 0 aliphatic carbocycles. The highest BCUT2D eigenvalue weighted by Gasteiger charge is 2.04. The van der Waals surface area contributed by atoms with E-state index in [1.54, 1.807) is 12.1 Å². The molecule has 5 heteroatoms. The van der Waals surface area contributed by atoms with Crippen molar-refractivity contribution in [2.24, 2.45) is 0 Å². The Morgan fingerprint density at radius 3 is 2.77 bits per heavy atom. The molecule has 1 aromatic heterocycles. The molecule has 0 N–H and O–H groups in total. The molecule has 0 saturated carbocycles. The molecule has 0 fully saturated rings. The van der Waals surface area contributed by atoms with E-state index in [2.05, 4.69) is 10.2 Å². The number of halogens is 2. The molecule has 0 bridgehead atoms. The lowest BCUT2D eigenvalue weighted by Crippen LogP contribution is -1.78. The third-order valence-electron chi connectivity index (χ3n) is 1.47. The zero-order valence-corrected chi connectivity index (χ0v) is 7.94. The van der Waals surface area contributed by atoms with Gasteiger partial charge in [0.15, 0.2) is 0 Å². The predicted molar refractivity (Wildman–Crippen MR) is 50.3 cm³/mol. The standard InChI is InChI=1S/C8H4ClFN2S/c9-8-12-11-7(13-8)5-2-1-3-6(10)4-5/h1-4H. The molecule has 1 aromatic carbocycles. The molecule has 0 unspecified atom stereocenters. The lowest BCUT2D eigenvalue weighted by Gasteiger charge is -1.93. The summed E-state index contributed by atoms with van der Waals surface area (Å²) in [5, 5.41) is 8.06. The lowest BCUT2D eigenvalue weighted by atomic mass is 10.2. The number of nitrogens with zero attached hydrogens (tertiary/aromatic N) is 2. The molecule has 2 rings (SSSR count). The van der Waals surface area contributed by atoms with Gasteiger partial charge in [-0.05, 0) is 23.7 Å². The van der Waals surface area contributed by atoms with E-state index in [4.69, 9.17) is 11.6 Å². The van der Waals surface area contributed by atoms with E-state index in [1.165, 1.54) is 23.5 Å². The Kier molecular flexibility index (Phi) is 2.24. The fourth-order valence-electron chi connectivity index (χ4n) is 0.943. The van der Waals surface area contributed by atoms with Gasteiger partial charge >= 0.3 is 0 Å². The van der Waals surface area contributed by atoms with E-state index in [-0.39, 0.29) is 5.82 Å². The maximum Gasteiger partial charge on any atom is 0.207 e. The van der Waals surface area contributed by atoms with Crippen LogP contribution >= 0.6 is 22.9 Å². The summed E-state index contributed by atoms with van der Waals surface area (Å²) in [7, 11) is 0. The monoisotopic (exact) mass is 214 g/mol. The van der Waals surface area contributed by atoms with Gasteiger partial charge in [0, 0.05) is 5.56 Å². The zero-order valence-electron chi connectivity index (χ0n) is 6.37. The minimum atomic E-state index is -0.288. The SMILES string of the molecule is Fc1cccc(-c2nnc(Cl)s2)c1. The normalized spacial score (nSPS) is 10.3. The van der Waals surface area contributed by atoms with Gasteiger partial charge < -0.3 is 0 Å². The third kappa shape index (κ3) is 1.84. The van der Waals surface area contributed by atoms with Crippen LogP contribution in [-0.2, 0) is 0 Å². The van der Waals surface area contributed by atoms with Gasteiger partial charge in [0.05, 0.1) is 0 Å². The van der Waals surface area contributed by atoms with Gasteiger partial charge in [-0.25, -0.2) is 4.39 Å². The first-order chi connectivity index (χ1) is 6.25. The summed E-state index contributed by atoms with van der Waals surface area (Å²) in [6.07, 6.45) is 0. The van der Waals surface area contributed by atoms with E-state index in [9.17, 15) is 4.39 Å². The Morgan fingerprint density at radius 1 is 1.31 bits per heavy atom. The van der Waals surface area contributed by atoms with Crippen molar-refractivity contribution in [3.05, 3.63) is 34.5 Å². The number of hydrogen-bond acceptors (Lipinski definition) is 3. The van der Waals surface area contributed by atoms with Gasteiger partial charge in [-0.2, -0.15) is 0 Å². The topological polar surface area (TPSA) is 25.8 Å². The maximum absolute atomic E-state index is 12.8. The van der Waals surface area contributed by atoms with E-state index in [1.807, 2.05) is 0 Å². The molecule has 0 aliphatic heterocycles. The Hall–Kier alpha value is -1.000. The van der Waals surface area contributed by atoms with Crippen LogP contribution in [0.4, 0.5) is 4.39 Å². The Balaban J connectivity index is 2.46. The molecule has 0 saturated heterocycles. The van der Waals surface area contributed by atoms with E-state index in [0.717, 1.165) is 0 Å². The zero-order chi connectivity index (χ0) is 9.26. The van der Waals surface area contributed by atoms with Crippen LogP contribution in [0.25, 0.3) is 10.6 Å². The van der Waals surface area contributed by atoms with Crippen molar-refractivity contribution in [1.29, 1.82) is 0 Å². The van der Waals surface area contributed by atoms with Crippen LogP contribution in [0.15, 0.2) is 24.3 Å². The average Bonchev–Trinajstić information content (AvgIpc) is 2.52. The van der Waals surface area contributed by atoms with Crippen molar-refractivity contribution in [3.8, 4) is 10.6 Å². The fourth-order valence-corrected chi connectivity index (χ4v) is 1.77. The number of benzene rings is 1. The van der Waals surface area contributed by atoms with Crippen LogP contribution in [0.1, 0.15) is 0 Å². The highest BCUT2D eigenvalue weighted by atomic mass is 35.5. The van der Waals surface area contributed by atoms with Gasteiger partial charge in [-0.3, -0.25) is 0 Å². The highest BCUT2D eigenvalue weighted by Crippen LogP contribution is 2.25. The van der Waals surface area contributed by atoms with Crippen molar-refractivity contribution in [2.75, 3.05) is 0 Å². The van der Waals surface area contributed by atoms with Crippen molar-refractivity contribution in [1.82, 2.24) is 10.2 Å². The highest BCUT2D eigenvalue weighted by molar-refractivity contribution is 7.18. The van der Waals surface area contributed by atoms with Crippen LogP contribution in [0.5, 0.6) is 0 Å². The van der Waals surface area contributed by atoms with Crippen LogP contribution in [0, 0.1) is 5.82 Å². The van der Waals surface area contributed by atoms with Gasteiger partial charge in [-0.15, -0.1) is 10.2 Å². The van der Waals surface area contributed by atoms with Gasteiger partial charge in [-0.1, -0.05) is 23.5 Å². The summed E-state index contributed by atoms with van der Waals surface area (Å²) in [4.78, 5) is 0. The molecular formula is C8H4ClFN2S. The van der Waals surface area contributed by atoms with Gasteiger partial charge in [0.25, 0.3) is 0 Å². The van der Waals surface area contributed by atoms with E-state index >= 15 is 0 Å². The summed E-state index contributed by atoms with van der Waals surface area (Å²) in [5.41, 5.74) is 0.699. The second kappa shape index (κ2) is 3.40. The molecule has 2 nitrogen and oxygen atoms in total. The minimum Gasteiger partial charge on any atom is -0.207 e. The van der Waals surface area contributed by atoms with Crippen molar-refractivity contribution in [2.45, 2.75) is 0 Å². The molecule has 13 heavy (non-hydrogen) atoms.